The first-order chi connectivity index (χ1) is 9.06. The summed E-state index contributed by atoms with van der Waals surface area (Å²) < 4.78 is 13.7. The van der Waals surface area contributed by atoms with Crippen LogP contribution in [0.2, 0.25) is 0 Å². The third-order valence-corrected chi connectivity index (χ3v) is 4.32. The first-order valence-electron chi connectivity index (χ1n) is 6.71. The van der Waals surface area contributed by atoms with Gasteiger partial charge in [0, 0.05) is 5.88 Å². The number of benzene rings is 1. The molecule has 1 aliphatic carbocycles. The normalized spacial score (nSPS) is 18.1. The van der Waals surface area contributed by atoms with Gasteiger partial charge in [0.05, 0.1) is 11.1 Å². The zero-order valence-electron chi connectivity index (χ0n) is 11.1. The number of hydrogen-bond acceptors (Lipinski definition) is 1. The Morgan fingerprint density at radius 3 is 2.68 bits per heavy atom. The Bertz CT molecular complexity index is 469. The monoisotopic (exact) mass is 283 g/mol. The van der Waals surface area contributed by atoms with Crippen LogP contribution in [-0.2, 0) is 0 Å². The Kier molecular flexibility index (Phi) is 4.46. The number of halogens is 2. The van der Waals surface area contributed by atoms with E-state index in [0.29, 0.717) is 5.88 Å². The average Bonchev–Trinajstić information content (AvgIpc) is 2.42. The molecule has 0 aliphatic heterocycles. The average molecular weight is 284 g/mol. The van der Waals surface area contributed by atoms with Crippen molar-refractivity contribution in [2.45, 2.75) is 44.6 Å². The van der Waals surface area contributed by atoms with Crippen molar-refractivity contribution in [3.63, 3.8) is 0 Å². The van der Waals surface area contributed by atoms with Gasteiger partial charge in [-0.15, -0.1) is 11.6 Å². The third kappa shape index (κ3) is 3.27. The first-order valence-corrected chi connectivity index (χ1v) is 7.24. The van der Waals surface area contributed by atoms with Gasteiger partial charge in [-0.1, -0.05) is 30.9 Å². The van der Waals surface area contributed by atoms with Gasteiger partial charge in [-0.3, -0.25) is 4.79 Å². The largest absolute Gasteiger partial charge is 0.345 e. The van der Waals surface area contributed by atoms with Crippen LogP contribution in [0.4, 0.5) is 4.39 Å². The molecule has 2 nitrogen and oxygen atoms in total. The second kappa shape index (κ2) is 5.91. The molecule has 0 spiro atoms. The summed E-state index contributed by atoms with van der Waals surface area (Å²) in [5.74, 6) is -0.459. The van der Waals surface area contributed by atoms with E-state index in [-0.39, 0.29) is 17.0 Å². The maximum Gasteiger partial charge on any atom is 0.254 e. The molecule has 104 valence electrons. The van der Waals surface area contributed by atoms with Crippen LogP contribution in [0.15, 0.2) is 18.2 Å². The van der Waals surface area contributed by atoms with E-state index in [1.807, 2.05) is 6.92 Å². The van der Waals surface area contributed by atoms with Gasteiger partial charge in [-0.2, -0.15) is 0 Å². The van der Waals surface area contributed by atoms with Crippen LogP contribution in [0.3, 0.4) is 0 Å². The second-order valence-electron chi connectivity index (χ2n) is 5.41. The SMILES string of the molecule is Cc1ccc(F)c(C(=O)NC2(CCl)CCCCC2)c1. The van der Waals surface area contributed by atoms with E-state index in [9.17, 15) is 9.18 Å². The van der Waals surface area contributed by atoms with Gasteiger partial charge in [-0.05, 0) is 31.9 Å². The molecule has 1 aliphatic rings. The maximum atomic E-state index is 13.7. The molecule has 4 heteroatoms. The molecule has 1 fully saturated rings. The quantitative estimate of drug-likeness (QED) is 0.840. The molecule has 1 N–H and O–H groups in total. The van der Waals surface area contributed by atoms with E-state index in [2.05, 4.69) is 5.32 Å². The minimum Gasteiger partial charge on any atom is -0.345 e. The molecule has 0 heterocycles. The van der Waals surface area contributed by atoms with Crippen molar-refractivity contribution in [2.24, 2.45) is 0 Å². The lowest BCUT2D eigenvalue weighted by Gasteiger charge is -2.36. The number of carbonyl (C=O) groups is 1. The Balaban J connectivity index is 2.17. The second-order valence-corrected chi connectivity index (χ2v) is 5.68. The summed E-state index contributed by atoms with van der Waals surface area (Å²) >= 11 is 6.03. The number of carbonyl (C=O) groups excluding carboxylic acids is 1. The Hall–Kier alpha value is -1.09. The summed E-state index contributed by atoms with van der Waals surface area (Å²) in [4.78, 5) is 12.2. The highest BCUT2D eigenvalue weighted by Crippen LogP contribution is 2.29. The number of rotatable bonds is 3. The molecule has 1 saturated carbocycles. The highest BCUT2D eigenvalue weighted by atomic mass is 35.5. The standard InChI is InChI=1S/C15H19ClFNO/c1-11-5-6-13(17)12(9-11)14(19)18-15(10-16)7-3-2-4-8-15/h5-6,9H,2-4,7-8,10H2,1H3,(H,18,19). The van der Waals surface area contributed by atoms with Crippen molar-refractivity contribution in [2.75, 3.05) is 5.88 Å². The smallest absolute Gasteiger partial charge is 0.254 e. The van der Waals surface area contributed by atoms with Crippen LogP contribution in [-0.4, -0.2) is 17.3 Å². The van der Waals surface area contributed by atoms with Gasteiger partial charge in [0.15, 0.2) is 0 Å². The molecule has 0 saturated heterocycles. The highest BCUT2D eigenvalue weighted by molar-refractivity contribution is 6.19. The predicted octanol–water partition coefficient (Wildman–Crippen LogP) is 3.81. The van der Waals surface area contributed by atoms with E-state index in [1.165, 1.54) is 12.5 Å². The molecular weight excluding hydrogens is 265 g/mol. The summed E-state index contributed by atoms with van der Waals surface area (Å²) in [5, 5.41) is 2.96. The number of hydrogen-bond donors (Lipinski definition) is 1. The minimum atomic E-state index is -0.483. The van der Waals surface area contributed by atoms with Crippen LogP contribution in [0.1, 0.15) is 48.0 Å². The molecule has 1 amide bonds. The van der Waals surface area contributed by atoms with Crippen LogP contribution < -0.4 is 5.32 Å². The fourth-order valence-corrected chi connectivity index (χ4v) is 2.98. The minimum absolute atomic E-state index is 0.107. The topological polar surface area (TPSA) is 29.1 Å². The summed E-state index contributed by atoms with van der Waals surface area (Å²) in [6.07, 6.45) is 5.03. The first kappa shape index (κ1) is 14.3. The Morgan fingerprint density at radius 1 is 1.37 bits per heavy atom. The van der Waals surface area contributed by atoms with Gasteiger partial charge in [-0.25, -0.2) is 4.39 Å². The molecule has 1 aromatic carbocycles. The molecule has 0 unspecified atom stereocenters. The van der Waals surface area contributed by atoms with Gasteiger partial charge < -0.3 is 5.32 Å². The summed E-state index contributed by atoms with van der Waals surface area (Å²) in [7, 11) is 0. The zero-order chi connectivity index (χ0) is 13.9. The molecule has 2 rings (SSSR count). The van der Waals surface area contributed by atoms with Crippen LogP contribution in [0.25, 0.3) is 0 Å². The lowest BCUT2D eigenvalue weighted by molar-refractivity contribution is 0.0880. The number of aryl methyl sites for hydroxylation is 1. The van der Waals surface area contributed by atoms with Crippen LogP contribution in [0, 0.1) is 12.7 Å². The molecule has 0 atom stereocenters. The molecular formula is C15H19ClFNO. The summed E-state index contributed by atoms with van der Waals surface area (Å²) in [6, 6.07) is 4.57. The lowest BCUT2D eigenvalue weighted by atomic mass is 9.83. The van der Waals surface area contributed by atoms with Crippen molar-refractivity contribution < 1.29 is 9.18 Å². The third-order valence-electron chi connectivity index (χ3n) is 3.81. The van der Waals surface area contributed by atoms with E-state index >= 15 is 0 Å². The molecule has 1 aromatic rings. The number of nitrogens with one attached hydrogen (secondary N) is 1. The van der Waals surface area contributed by atoms with Gasteiger partial charge in [0.25, 0.3) is 5.91 Å². The molecule has 19 heavy (non-hydrogen) atoms. The lowest BCUT2D eigenvalue weighted by Crippen LogP contribution is -2.51. The van der Waals surface area contributed by atoms with E-state index in [4.69, 9.17) is 11.6 Å². The maximum absolute atomic E-state index is 13.7. The molecule has 0 aromatic heterocycles. The van der Waals surface area contributed by atoms with Crippen molar-refractivity contribution in [3.05, 3.63) is 35.1 Å². The summed E-state index contributed by atoms with van der Waals surface area (Å²) in [5.41, 5.74) is 0.609. The van der Waals surface area contributed by atoms with E-state index < -0.39 is 5.82 Å². The van der Waals surface area contributed by atoms with Crippen molar-refractivity contribution in [1.82, 2.24) is 5.32 Å². The number of amides is 1. The highest BCUT2D eigenvalue weighted by Gasteiger charge is 2.33. The fourth-order valence-electron chi connectivity index (χ4n) is 2.64. The van der Waals surface area contributed by atoms with Gasteiger partial charge >= 0.3 is 0 Å². The Morgan fingerprint density at radius 2 is 2.05 bits per heavy atom. The van der Waals surface area contributed by atoms with E-state index in [1.54, 1.807) is 12.1 Å². The number of alkyl halides is 1. The van der Waals surface area contributed by atoms with Crippen molar-refractivity contribution in [3.8, 4) is 0 Å². The van der Waals surface area contributed by atoms with E-state index in [0.717, 1.165) is 31.2 Å². The summed E-state index contributed by atoms with van der Waals surface area (Å²) in [6.45, 7) is 1.84. The van der Waals surface area contributed by atoms with Crippen LogP contribution in [0.5, 0.6) is 0 Å². The van der Waals surface area contributed by atoms with Crippen molar-refractivity contribution >= 4 is 17.5 Å². The molecule has 0 radical (unpaired) electrons. The fraction of sp³-hybridized carbons (Fsp3) is 0.533. The zero-order valence-corrected chi connectivity index (χ0v) is 11.9. The van der Waals surface area contributed by atoms with Crippen molar-refractivity contribution in [1.29, 1.82) is 0 Å². The Labute approximate surface area is 118 Å². The van der Waals surface area contributed by atoms with Crippen LogP contribution >= 0.6 is 11.6 Å². The van der Waals surface area contributed by atoms with Gasteiger partial charge in [0.1, 0.15) is 5.82 Å². The predicted molar refractivity (Wildman–Crippen MR) is 75.1 cm³/mol. The van der Waals surface area contributed by atoms with Gasteiger partial charge in [0.2, 0.25) is 0 Å². The molecule has 0 bridgehead atoms.